The van der Waals surface area contributed by atoms with E-state index in [0.29, 0.717) is 10.6 Å². The number of ketones is 1. The number of thiophene rings is 1. The van der Waals surface area contributed by atoms with E-state index < -0.39 is 0 Å². The van der Waals surface area contributed by atoms with Crippen LogP contribution in [0.1, 0.15) is 48.7 Å². The summed E-state index contributed by atoms with van der Waals surface area (Å²) in [4.78, 5) is 14.4. The van der Waals surface area contributed by atoms with E-state index in [-0.39, 0.29) is 5.78 Å². The second-order valence-corrected chi connectivity index (χ2v) is 6.34. The lowest BCUT2D eigenvalue weighted by Crippen LogP contribution is -2.26. The molecule has 2 N–H and O–H groups in total. The molecule has 0 aliphatic heterocycles. The van der Waals surface area contributed by atoms with Crippen molar-refractivity contribution in [3.05, 3.63) is 10.9 Å². The van der Waals surface area contributed by atoms with Gasteiger partial charge in [-0.2, -0.15) is 0 Å². The Hall–Kier alpha value is -1.03. The van der Waals surface area contributed by atoms with E-state index in [9.17, 15) is 4.79 Å². The van der Waals surface area contributed by atoms with Crippen molar-refractivity contribution in [3.8, 4) is 0 Å². The Kier molecular flexibility index (Phi) is 4.27. The summed E-state index contributed by atoms with van der Waals surface area (Å²) in [5, 5.41) is 1.11. The van der Waals surface area contributed by atoms with Crippen LogP contribution in [0.2, 0.25) is 0 Å². The molecule has 0 spiro atoms. The second kappa shape index (κ2) is 5.74. The van der Waals surface area contributed by atoms with Crippen molar-refractivity contribution in [1.82, 2.24) is 0 Å². The van der Waals surface area contributed by atoms with Crippen LogP contribution in [0.25, 0.3) is 0 Å². The van der Waals surface area contributed by atoms with Gasteiger partial charge in [-0.15, -0.1) is 11.3 Å². The minimum Gasteiger partial charge on any atom is -0.397 e. The molecule has 0 bridgehead atoms. The molecule has 1 aromatic heterocycles. The number of hydrogen-bond acceptors (Lipinski definition) is 4. The lowest BCUT2D eigenvalue weighted by atomic mass is 9.89. The van der Waals surface area contributed by atoms with Crippen LogP contribution in [0.15, 0.2) is 6.07 Å². The smallest absolute Gasteiger partial charge is 0.171 e. The normalized spacial score (nSPS) is 16.8. The van der Waals surface area contributed by atoms with Crippen molar-refractivity contribution < 1.29 is 4.79 Å². The SMILES string of the molecule is CC(=O)c1sc(N(C)CC2CCCCC2)cc1N. The maximum absolute atomic E-state index is 11.4. The molecule has 18 heavy (non-hydrogen) atoms. The third-order valence-electron chi connectivity index (χ3n) is 3.70. The molecule has 3 nitrogen and oxygen atoms in total. The molecule has 0 amide bonds. The molecule has 1 saturated carbocycles. The zero-order chi connectivity index (χ0) is 13.1. The predicted molar refractivity (Wildman–Crippen MR) is 78.6 cm³/mol. The van der Waals surface area contributed by atoms with Gasteiger partial charge in [0.05, 0.1) is 15.6 Å². The van der Waals surface area contributed by atoms with E-state index in [1.54, 1.807) is 6.92 Å². The molecule has 0 atom stereocenters. The summed E-state index contributed by atoms with van der Waals surface area (Å²) in [6.07, 6.45) is 6.80. The lowest BCUT2D eigenvalue weighted by Gasteiger charge is -2.27. The highest BCUT2D eigenvalue weighted by Crippen LogP contribution is 2.33. The fraction of sp³-hybridized carbons (Fsp3) is 0.643. The quantitative estimate of drug-likeness (QED) is 0.848. The van der Waals surface area contributed by atoms with Crippen LogP contribution in [0, 0.1) is 5.92 Å². The van der Waals surface area contributed by atoms with Crippen LogP contribution in [0.4, 0.5) is 10.7 Å². The fourth-order valence-electron chi connectivity index (χ4n) is 2.70. The van der Waals surface area contributed by atoms with Crippen molar-refractivity contribution in [2.24, 2.45) is 5.92 Å². The summed E-state index contributed by atoms with van der Waals surface area (Å²) in [6, 6.07) is 1.93. The standard InChI is InChI=1S/C14H22N2OS/c1-10(17)14-12(15)8-13(18-14)16(2)9-11-6-4-3-5-7-11/h8,11H,3-7,9,15H2,1-2H3. The van der Waals surface area contributed by atoms with E-state index in [1.807, 2.05) is 6.07 Å². The number of nitrogen functional groups attached to an aromatic ring is 1. The molecular weight excluding hydrogens is 244 g/mol. The van der Waals surface area contributed by atoms with Gasteiger partial charge in [0.25, 0.3) is 0 Å². The first-order chi connectivity index (χ1) is 8.58. The maximum Gasteiger partial charge on any atom is 0.171 e. The van der Waals surface area contributed by atoms with Crippen LogP contribution in [0.5, 0.6) is 0 Å². The van der Waals surface area contributed by atoms with E-state index >= 15 is 0 Å². The Bertz CT molecular complexity index is 421. The Morgan fingerprint density at radius 2 is 2.11 bits per heavy atom. The summed E-state index contributed by atoms with van der Waals surface area (Å²) in [5.74, 6) is 0.864. The number of Topliss-reactive ketones (excluding diaryl/α,β-unsaturated/α-hetero) is 1. The Labute approximate surface area is 113 Å². The summed E-state index contributed by atoms with van der Waals surface area (Å²) < 4.78 is 0. The van der Waals surface area contributed by atoms with E-state index in [0.717, 1.165) is 17.5 Å². The van der Waals surface area contributed by atoms with Gasteiger partial charge >= 0.3 is 0 Å². The molecule has 100 valence electrons. The molecule has 1 aromatic rings. The molecule has 4 heteroatoms. The van der Waals surface area contributed by atoms with E-state index in [4.69, 9.17) is 5.73 Å². The molecule has 1 heterocycles. The van der Waals surface area contributed by atoms with Gasteiger partial charge in [0.15, 0.2) is 5.78 Å². The first-order valence-corrected chi connectivity index (χ1v) is 7.51. The van der Waals surface area contributed by atoms with E-state index in [2.05, 4.69) is 11.9 Å². The third kappa shape index (κ3) is 3.05. The summed E-state index contributed by atoms with van der Waals surface area (Å²) >= 11 is 1.52. The monoisotopic (exact) mass is 266 g/mol. The Balaban J connectivity index is 2.01. The number of rotatable bonds is 4. The molecule has 0 saturated heterocycles. The molecule has 0 unspecified atom stereocenters. The van der Waals surface area contributed by atoms with Gasteiger partial charge in [0.1, 0.15) is 0 Å². The highest BCUT2D eigenvalue weighted by atomic mass is 32.1. The average molecular weight is 266 g/mol. The number of hydrogen-bond donors (Lipinski definition) is 1. The molecule has 1 aliphatic rings. The van der Waals surface area contributed by atoms with Gasteiger partial charge in [-0.3, -0.25) is 4.79 Å². The van der Waals surface area contributed by atoms with Crippen LogP contribution in [0.3, 0.4) is 0 Å². The van der Waals surface area contributed by atoms with Gasteiger partial charge in [0, 0.05) is 20.5 Å². The minimum absolute atomic E-state index is 0.0646. The zero-order valence-corrected chi connectivity index (χ0v) is 12.1. The number of carbonyl (C=O) groups excluding carboxylic acids is 1. The average Bonchev–Trinajstić information content (AvgIpc) is 2.73. The molecule has 0 aromatic carbocycles. The molecular formula is C14H22N2OS. The minimum atomic E-state index is 0.0646. The lowest BCUT2D eigenvalue weighted by molar-refractivity contribution is 0.102. The van der Waals surface area contributed by atoms with Gasteiger partial charge in [-0.1, -0.05) is 19.3 Å². The molecule has 0 radical (unpaired) electrons. The van der Waals surface area contributed by atoms with Crippen molar-refractivity contribution in [2.75, 3.05) is 24.2 Å². The Morgan fingerprint density at radius 1 is 1.44 bits per heavy atom. The van der Waals surface area contributed by atoms with Crippen molar-refractivity contribution in [1.29, 1.82) is 0 Å². The first kappa shape index (κ1) is 13.4. The van der Waals surface area contributed by atoms with Gasteiger partial charge < -0.3 is 10.6 Å². The van der Waals surface area contributed by atoms with Crippen LogP contribution < -0.4 is 10.6 Å². The summed E-state index contributed by atoms with van der Waals surface area (Å²) in [7, 11) is 2.10. The molecule has 2 rings (SSSR count). The van der Waals surface area contributed by atoms with Crippen LogP contribution in [-0.2, 0) is 0 Å². The van der Waals surface area contributed by atoms with Gasteiger partial charge in [-0.25, -0.2) is 0 Å². The predicted octanol–water partition coefficient (Wildman–Crippen LogP) is 3.55. The zero-order valence-electron chi connectivity index (χ0n) is 11.2. The first-order valence-electron chi connectivity index (χ1n) is 6.69. The van der Waals surface area contributed by atoms with Crippen molar-refractivity contribution in [2.45, 2.75) is 39.0 Å². The van der Waals surface area contributed by atoms with Crippen molar-refractivity contribution in [3.63, 3.8) is 0 Å². The topological polar surface area (TPSA) is 46.3 Å². The Morgan fingerprint density at radius 3 is 2.67 bits per heavy atom. The number of anilines is 2. The second-order valence-electron chi connectivity index (χ2n) is 5.31. The maximum atomic E-state index is 11.4. The largest absolute Gasteiger partial charge is 0.397 e. The molecule has 1 fully saturated rings. The third-order valence-corrected chi connectivity index (χ3v) is 5.07. The number of nitrogens with zero attached hydrogens (tertiary/aromatic N) is 1. The van der Waals surface area contributed by atoms with Crippen LogP contribution in [-0.4, -0.2) is 19.4 Å². The summed E-state index contributed by atoms with van der Waals surface area (Å²) in [6.45, 7) is 2.66. The fourth-order valence-corrected chi connectivity index (χ4v) is 3.65. The number of carbonyl (C=O) groups is 1. The van der Waals surface area contributed by atoms with Gasteiger partial charge in [-0.05, 0) is 24.8 Å². The van der Waals surface area contributed by atoms with Crippen LogP contribution >= 0.6 is 11.3 Å². The number of nitrogens with two attached hydrogens (primary N) is 1. The molecule has 1 aliphatic carbocycles. The highest BCUT2D eigenvalue weighted by Gasteiger charge is 2.18. The van der Waals surface area contributed by atoms with Gasteiger partial charge in [0.2, 0.25) is 0 Å². The van der Waals surface area contributed by atoms with E-state index in [1.165, 1.54) is 43.4 Å². The highest BCUT2D eigenvalue weighted by molar-refractivity contribution is 7.18. The van der Waals surface area contributed by atoms with Crippen molar-refractivity contribution >= 4 is 27.8 Å². The summed E-state index contributed by atoms with van der Waals surface area (Å²) in [5.41, 5.74) is 6.50.